The Morgan fingerprint density at radius 3 is 2.80 bits per heavy atom. The monoisotopic (exact) mass is 356 g/mol. The molecule has 3 rings (SSSR count). The fourth-order valence-electron chi connectivity index (χ4n) is 2.87. The minimum Gasteiger partial charge on any atom is -0.494 e. The third kappa shape index (κ3) is 4.10. The van der Waals surface area contributed by atoms with Gasteiger partial charge >= 0.3 is 0 Å². The molecule has 132 valence electrons. The highest BCUT2D eigenvalue weighted by molar-refractivity contribution is 7.18. The average Bonchev–Trinajstić information content (AvgIpc) is 3.00. The number of fused-ring (bicyclic) bond motifs is 1. The van der Waals surface area contributed by atoms with Gasteiger partial charge in [0.05, 0.1) is 12.0 Å². The summed E-state index contributed by atoms with van der Waals surface area (Å²) in [6.45, 7) is 7.41. The molecule has 0 aliphatic rings. The van der Waals surface area contributed by atoms with Crippen LogP contribution in [0.4, 0.5) is 0 Å². The number of hydrogen-bond acceptors (Lipinski definition) is 4. The molecule has 0 bridgehead atoms. The van der Waals surface area contributed by atoms with Crippen LogP contribution in [-0.4, -0.2) is 16.2 Å². The fourth-order valence-corrected chi connectivity index (χ4v) is 3.88. The number of benzene rings is 1. The van der Waals surface area contributed by atoms with Gasteiger partial charge in [-0.15, -0.1) is 11.3 Å². The maximum absolute atomic E-state index is 12.7. The second kappa shape index (κ2) is 7.83. The van der Waals surface area contributed by atoms with Crippen LogP contribution in [0.15, 0.2) is 35.1 Å². The van der Waals surface area contributed by atoms with Gasteiger partial charge in [-0.25, -0.2) is 4.98 Å². The Bertz CT molecular complexity index is 927. The van der Waals surface area contributed by atoms with Gasteiger partial charge in [-0.2, -0.15) is 0 Å². The molecule has 0 amide bonds. The third-order valence-electron chi connectivity index (χ3n) is 4.28. The van der Waals surface area contributed by atoms with E-state index in [0.29, 0.717) is 13.2 Å². The predicted octanol–water partition coefficient (Wildman–Crippen LogP) is 4.50. The van der Waals surface area contributed by atoms with Gasteiger partial charge in [0, 0.05) is 11.4 Å². The van der Waals surface area contributed by atoms with Crippen molar-refractivity contribution in [3.63, 3.8) is 0 Å². The summed E-state index contributed by atoms with van der Waals surface area (Å²) in [6.07, 6.45) is 2.74. The van der Waals surface area contributed by atoms with Gasteiger partial charge in [0.1, 0.15) is 16.4 Å². The summed E-state index contributed by atoms with van der Waals surface area (Å²) < 4.78 is 7.56. The van der Waals surface area contributed by atoms with E-state index in [1.54, 1.807) is 15.9 Å². The first-order valence-electron chi connectivity index (χ1n) is 8.78. The molecule has 0 aliphatic heterocycles. The molecule has 4 nitrogen and oxygen atoms in total. The minimum absolute atomic E-state index is 0.0815. The first-order valence-corrected chi connectivity index (χ1v) is 9.59. The molecule has 0 saturated heterocycles. The molecule has 0 saturated carbocycles. The lowest BCUT2D eigenvalue weighted by atomic mass is 10.2. The molecule has 0 unspecified atom stereocenters. The maximum atomic E-state index is 12.7. The summed E-state index contributed by atoms with van der Waals surface area (Å²) in [5, 5.41) is 0.753. The van der Waals surface area contributed by atoms with Crippen LogP contribution < -0.4 is 10.3 Å². The summed E-state index contributed by atoms with van der Waals surface area (Å²) >= 11 is 1.62. The van der Waals surface area contributed by atoms with Crippen LogP contribution in [0.25, 0.3) is 10.2 Å². The third-order valence-corrected chi connectivity index (χ3v) is 5.45. The van der Waals surface area contributed by atoms with Crippen molar-refractivity contribution in [1.29, 1.82) is 0 Å². The van der Waals surface area contributed by atoms with E-state index in [-0.39, 0.29) is 5.56 Å². The summed E-state index contributed by atoms with van der Waals surface area (Å²) in [5.74, 6) is 1.70. The zero-order valence-electron chi connectivity index (χ0n) is 15.0. The van der Waals surface area contributed by atoms with Gasteiger partial charge in [-0.05, 0) is 56.9 Å². The number of aromatic nitrogens is 2. The van der Waals surface area contributed by atoms with Crippen LogP contribution >= 0.6 is 11.3 Å². The van der Waals surface area contributed by atoms with Crippen LogP contribution in [0.3, 0.4) is 0 Å². The summed E-state index contributed by atoms with van der Waals surface area (Å²) in [4.78, 5) is 19.4. The van der Waals surface area contributed by atoms with E-state index in [1.165, 1.54) is 10.4 Å². The molecule has 1 aromatic carbocycles. The summed E-state index contributed by atoms with van der Waals surface area (Å²) in [6, 6.07) is 10.1. The quantitative estimate of drug-likeness (QED) is 0.586. The largest absolute Gasteiger partial charge is 0.494 e. The first kappa shape index (κ1) is 17.7. The Balaban J connectivity index is 1.60. The number of aryl methyl sites for hydroxylation is 3. The normalized spacial score (nSPS) is 11.2. The van der Waals surface area contributed by atoms with Crippen molar-refractivity contribution in [3.05, 3.63) is 57.0 Å². The Morgan fingerprint density at radius 1 is 1.20 bits per heavy atom. The summed E-state index contributed by atoms with van der Waals surface area (Å²) in [7, 11) is 0. The van der Waals surface area contributed by atoms with Crippen molar-refractivity contribution >= 4 is 21.6 Å². The number of thiophene rings is 1. The second-order valence-corrected chi connectivity index (χ2v) is 7.39. The van der Waals surface area contributed by atoms with Gasteiger partial charge in [-0.1, -0.05) is 19.1 Å². The lowest BCUT2D eigenvalue weighted by molar-refractivity contribution is 0.302. The highest BCUT2D eigenvalue weighted by Crippen LogP contribution is 2.22. The molecule has 0 atom stereocenters. The van der Waals surface area contributed by atoms with E-state index >= 15 is 0 Å². The second-order valence-electron chi connectivity index (χ2n) is 6.27. The van der Waals surface area contributed by atoms with Crippen LogP contribution in [0.5, 0.6) is 5.75 Å². The smallest absolute Gasteiger partial charge is 0.262 e. The molecule has 0 fully saturated rings. The minimum atomic E-state index is 0.0815. The molecule has 2 aromatic heterocycles. The van der Waals surface area contributed by atoms with Gasteiger partial charge in [0.2, 0.25) is 0 Å². The lowest BCUT2D eigenvalue weighted by Gasteiger charge is -2.10. The van der Waals surface area contributed by atoms with Crippen molar-refractivity contribution in [2.45, 2.75) is 46.6 Å². The van der Waals surface area contributed by atoms with Crippen molar-refractivity contribution < 1.29 is 4.74 Å². The molecule has 0 aliphatic carbocycles. The molecule has 2 heterocycles. The molecule has 0 spiro atoms. The number of ether oxygens (including phenoxy) is 1. The summed E-state index contributed by atoms with van der Waals surface area (Å²) in [5.41, 5.74) is 1.28. The molecule has 3 aromatic rings. The Labute approximate surface area is 152 Å². The standard InChI is InChI=1S/C20H24N2O2S/c1-4-17-13-18-19(25-17)21-15(3)22(20(18)23)10-5-6-11-24-16-9-7-8-14(2)12-16/h7-9,12-13H,4-6,10-11H2,1-3H3. The van der Waals surface area contributed by atoms with Gasteiger partial charge in [0.25, 0.3) is 5.56 Å². The van der Waals surface area contributed by atoms with Crippen LogP contribution in [-0.2, 0) is 13.0 Å². The van der Waals surface area contributed by atoms with Crippen molar-refractivity contribution in [1.82, 2.24) is 9.55 Å². The Kier molecular flexibility index (Phi) is 5.53. The van der Waals surface area contributed by atoms with Gasteiger partial charge < -0.3 is 4.74 Å². The van der Waals surface area contributed by atoms with Gasteiger partial charge in [-0.3, -0.25) is 9.36 Å². The fraction of sp³-hybridized carbons (Fsp3) is 0.400. The van der Waals surface area contributed by atoms with E-state index in [4.69, 9.17) is 4.74 Å². The van der Waals surface area contributed by atoms with Crippen molar-refractivity contribution in [2.75, 3.05) is 6.61 Å². The van der Waals surface area contributed by atoms with E-state index in [2.05, 4.69) is 24.9 Å². The number of unbranched alkanes of at least 4 members (excludes halogenated alkanes) is 1. The van der Waals surface area contributed by atoms with Crippen LogP contribution in [0.1, 0.15) is 36.0 Å². The highest BCUT2D eigenvalue weighted by atomic mass is 32.1. The van der Waals surface area contributed by atoms with Crippen molar-refractivity contribution in [2.24, 2.45) is 0 Å². The van der Waals surface area contributed by atoms with Crippen molar-refractivity contribution in [3.8, 4) is 5.75 Å². The topological polar surface area (TPSA) is 44.1 Å². The van der Waals surface area contributed by atoms with E-state index < -0.39 is 0 Å². The zero-order chi connectivity index (χ0) is 17.8. The molecular weight excluding hydrogens is 332 g/mol. The van der Waals surface area contributed by atoms with Gasteiger partial charge in [0.15, 0.2) is 0 Å². The zero-order valence-corrected chi connectivity index (χ0v) is 15.9. The molecule has 0 radical (unpaired) electrons. The number of rotatable bonds is 7. The van der Waals surface area contributed by atoms with E-state index in [1.807, 2.05) is 31.2 Å². The predicted molar refractivity (Wildman–Crippen MR) is 104 cm³/mol. The van der Waals surface area contributed by atoms with E-state index in [0.717, 1.165) is 41.1 Å². The highest BCUT2D eigenvalue weighted by Gasteiger charge is 2.11. The number of hydrogen-bond donors (Lipinski definition) is 0. The maximum Gasteiger partial charge on any atom is 0.262 e. The van der Waals surface area contributed by atoms with Crippen LogP contribution in [0.2, 0.25) is 0 Å². The molecular formula is C20H24N2O2S. The van der Waals surface area contributed by atoms with E-state index in [9.17, 15) is 4.79 Å². The molecule has 0 N–H and O–H groups in total. The molecule has 5 heteroatoms. The Hall–Kier alpha value is -2.14. The lowest BCUT2D eigenvalue weighted by Crippen LogP contribution is -2.23. The SMILES string of the molecule is CCc1cc2c(=O)n(CCCCOc3cccc(C)c3)c(C)nc2s1. The molecule has 25 heavy (non-hydrogen) atoms. The number of nitrogens with zero attached hydrogens (tertiary/aromatic N) is 2. The first-order chi connectivity index (χ1) is 12.1. The average molecular weight is 356 g/mol. The van der Waals surface area contributed by atoms with Crippen LogP contribution in [0, 0.1) is 13.8 Å². The Morgan fingerprint density at radius 2 is 2.04 bits per heavy atom.